The van der Waals surface area contributed by atoms with E-state index < -0.39 is 0 Å². The SMILES string of the molecule is O=[N+]([O-])c1ccc(Cl)cc1[C@H]1CCN1. The zero-order chi connectivity index (χ0) is 10.1. The van der Waals surface area contributed by atoms with E-state index in [-0.39, 0.29) is 16.7 Å². The highest BCUT2D eigenvalue weighted by Crippen LogP contribution is 2.32. The van der Waals surface area contributed by atoms with Crippen LogP contribution >= 0.6 is 11.6 Å². The fourth-order valence-corrected chi connectivity index (χ4v) is 1.71. The molecule has 0 amide bonds. The monoisotopic (exact) mass is 212 g/mol. The van der Waals surface area contributed by atoms with E-state index in [0.717, 1.165) is 13.0 Å². The molecular weight excluding hydrogens is 204 g/mol. The summed E-state index contributed by atoms with van der Waals surface area (Å²) in [5, 5.41) is 14.4. The van der Waals surface area contributed by atoms with Crippen molar-refractivity contribution in [1.29, 1.82) is 0 Å². The zero-order valence-corrected chi connectivity index (χ0v) is 8.12. The fourth-order valence-electron chi connectivity index (χ4n) is 1.52. The van der Waals surface area contributed by atoms with Gasteiger partial charge in [0.15, 0.2) is 0 Å². The van der Waals surface area contributed by atoms with E-state index in [4.69, 9.17) is 11.6 Å². The van der Waals surface area contributed by atoms with Gasteiger partial charge in [0.2, 0.25) is 0 Å². The smallest absolute Gasteiger partial charge is 0.274 e. The molecule has 1 aromatic rings. The number of hydrogen-bond donors (Lipinski definition) is 1. The van der Waals surface area contributed by atoms with Crippen LogP contribution in [0.15, 0.2) is 18.2 Å². The Labute approximate surface area is 86.0 Å². The van der Waals surface area contributed by atoms with Gasteiger partial charge in [-0.05, 0) is 25.1 Å². The molecule has 0 unspecified atom stereocenters. The van der Waals surface area contributed by atoms with Crippen LogP contribution in [0.5, 0.6) is 0 Å². The molecule has 1 heterocycles. The van der Waals surface area contributed by atoms with Gasteiger partial charge < -0.3 is 5.32 Å². The minimum Gasteiger partial charge on any atom is -0.310 e. The van der Waals surface area contributed by atoms with Crippen molar-refractivity contribution in [3.8, 4) is 0 Å². The molecule has 0 aromatic heterocycles. The van der Waals surface area contributed by atoms with E-state index in [0.29, 0.717) is 10.6 Å². The van der Waals surface area contributed by atoms with Crippen LogP contribution in [0.3, 0.4) is 0 Å². The summed E-state index contributed by atoms with van der Waals surface area (Å²) < 4.78 is 0. The van der Waals surface area contributed by atoms with Gasteiger partial charge in [0.05, 0.1) is 4.92 Å². The van der Waals surface area contributed by atoms with Crippen LogP contribution in [0, 0.1) is 10.1 Å². The molecule has 1 aliphatic rings. The van der Waals surface area contributed by atoms with Gasteiger partial charge in [-0.25, -0.2) is 0 Å². The molecule has 1 atom stereocenters. The summed E-state index contributed by atoms with van der Waals surface area (Å²) in [4.78, 5) is 10.3. The van der Waals surface area contributed by atoms with E-state index in [1.54, 1.807) is 12.1 Å². The van der Waals surface area contributed by atoms with Crippen molar-refractivity contribution in [3.63, 3.8) is 0 Å². The van der Waals surface area contributed by atoms with Crippen molar-refractivity contribution < 1.29 is 4.92 Å². The summed E-state index contributed by atoms with van der Waals surface area (Å²) in [5.41, 5.74) is 0.834. The van der Waals surface area contributed by atoms with Crippen molar-refractivity contribution in [2.75, 3.05) is 6.54 Å². The van der Waals surface area contributed by atoms with Crippen LogP contribution in [-0.4, -0.2) is 11.5 Å². The van der Waals surface area contributed by atoms with Gasteiger partial charge in [-0.15, -0.1) is 0 Å². The average Bonchev–Trinajstić information content (AvgIpc) is 2.00. The van der Waals surface area contributed by atoms with Crippen LogP contribution < -0.4 is 5.32 Å². The Morgan fingerprint density at radius 2 is 2.29 bits per heavy atom. The van der Waals surface area contributed by atoms with Crippen LogP contribution in [0.25, 0.3) is 0 Å². The predicted octanol–water partition coefficient (Wildman–Crippen LogP) is 2.28. The second-order valence-corrected chi connectivity index (χ2v) is 3.69. The first-order valence-electron chi connectivity index (χ1n) is 4.35. The van der Waals surface area contributed by atoms with Gasteiger partial charge in [0, 0.05) is 22.7 Å². The molecule has 14 heavy (non-hydrogen) atoms. The molecule has 74 valence electrons. The number of benzene rings is 1. The molecule has 1 aromatic carbocycles. The van der Waals surface area contributed by atoms with Crippen molar-refractivity contribution in [3.05, 3.63) is 38.9 Å². The third-order valence-corrected chi connectivity index (χ3v) is 2.62. The molecule has 5 heteroatoms. The highest BCUT2D eigenvalue weighted by Gasteiger charge is 2.26. The lowest BCUT2D eigenvalue weighted by Crippen LogP contribution is -2.35. The van der Waals surface area contributed by atoms with Crippen molar-refractivity contribution in [1.82, 2.24) is 5.32 Å². The van der Waals surface area contributed by atoms with E-state index in [2.05, 4.69) is 5.32 Å². The number of rotatable bonds is 2. The number of hydrogen-bond acceptors (Lipinski definition) is 3. The Kier molecular flexibility index (Phi) is 2.39. The summed E-state index contributed by atoms with van der Waals surface area (Å²) in [6.07, 6.45) is 0.932. The van der Waals surface area contributed by atoms with Crippen molar-refractivity contribution >= 4 is 17.3 Å². The molecule has 2 rings (SSSR count). The topological polar surface area (TPSA) is 55.2 Å². The number of nitro benzene ring substituents is 1. The number of nitrogens with zero attached hydrogens (tertiary/aromatic N) is 1. The summed E-state index contributed by atoms with van der Waals surface area (Å²) in [6.45, 7) is 0.911. The molecule has 4 nitrogen and oxygen atoms in total. The van der Waals surface area contributed by atoms with Crippen LogP contribution in [0.4, 0.5) is 5.69 Å². The van der Waals surface area contributed by atoms with Crippen molar-refractivity contribution in [2.24, 2.45) is 0 Å². The first-order chi connectivity index (χ1) is 6.68. The molecule has 0 radical (unpaired) electrons. The normalized spacial score (nSPS) is 20.2. The van der Waals surface area contributed by atoms with E-state index in [1.165, 1.54) is 6.07 Å². The molecule has 0 bridgehead atoms. The Morgan fingerprint density at radius 3 is 2.79 bits per heavy atom. The minimum atomic E-state index is -0.369. The van der Waals surface area contributed by atoms with Gasteiger partial charge in [0.25, 0.3) is 5.69 Å². The van der Waals surface area contributed by atoms with Crippen molar-refractivity contribution in [2.45, 2.75) is 12.5 Å². The average molecular weight is 213 g/mol. The van der Waals surface area contributed by atoms with Gasteiger partial charge in [-0.3, -0.25) is 10.1 Å². The minimum absolute atomic E-state index is 0.0918. The predicted molar refractivity (Wildman–Crippen MR) is 53.5 cm³/mol. The second-order valence-electron chi connectivity index (χ2n) is 3.26. The Bertz CT molecular complexity index is 377. The van der Waals surface area contributed by atoms with Gasteiger partial charge in [-0.2, -0.15) is 0 Å². The molecule has 0 spiro atoms. The molecular formula is C9H9ClN2O2. The van der Waals surface area contributed by atoms with E-state index in [1.807, 2.05) is 0 Å². The summed E-state index contributed by atoms with van der Waals surface area (Å²) >= 11 is 5.80. The third-order valence-electron chi connectivity index (χ3n) is 2.39. The summed E-state index contributed by atoms with van der Waals surface area (Å²) in [6, 6.07) is 4.75. The standard InChI is InChI=1S/C9H9ClN2O2/c10-6-1-2-9(12(13)14)7(5-6)8-3-4-11-8/h1-2,5,8,11H,3-4H2/t8-/m1/s1. The number of halogens is 1. The first kappa shape index (κ1) is 9.43. The molecule has 1 saturated heterocycles. The maximum absolute atomic E-state index is 10.7. The molecule has 0 saturated carbocycles. The Morgan fingerprint density at radius 1 is 1.57 bits per heavy atom. The molecule has 1 fully saturated rings. The molecule has 1 aliphatic heterocycles. The van der Waals surface area contributed by atoms with Crippen LogP contribution in [0.1, 0.15) is 18.0 Å². The van der Waals surface area contributed by atoms with Gasteiger partial charge >= 0.3 is 0 Å². The van der Waals surface area contributed by atoms with Gasteiger partial charge in [0.1, 0.15) is 0 Å². The summed E-state index contributed by atoms with van der Waals surface area (Å²) in [5.74, 6) is 0. The fraction of sp³-hybridized carbons (Fsp3) is 0.333. The molecule has 0 aliphatic carbocycles. The maximum atomic E-state index is 10.7. The maximum Gasteiger partial charge on any atom is 0.274 e. The Hall–Kier alpha value is -1.13. The third kappa shape index (κ3) is 1.58. The van der Waals surface area contributed by atoms with Crippen LogP contribution in [-0.2, 0) is 0 Å². The number of nitro groups is 1. The lowest BCUT2D eigenvalue weighted by molar-refractivity contribution is -0.385. The van der Waals surface area contributed by atoms with Gasteiger partial charge in [-0.1, -0.05) is 11.6 Å². The highest BCUT2D eigenvalue weighted by atomic mass is 35.5. The quantitative estimate of drug-likeness (QED) is 0.605. The van der Waals surface area contributed by atoms with Crippen LogP contribution in [0.2, 0.25) is 5.02 Å². The zero-order valence-electron chi connectivity index (χ0n) is 7.37. The van der Waals surface area contributed by atoms with E-state index in [9.17, 15) is 10.1 Å². The Balaban J connectivity index is 2.42. The largest absolute Gasteiger partial charge is 0.310 e. The lowest BCUT2D eigenvalue weighted by atomic mass is 9.96. The lowest BCUT2D eigenvalue weighted by Gasteiger charge is -2.27. The second kappa shape index (κ2) is 3.55. The van der Waals surface area contributed by atoms with E-state index >= 15 is 0 Å². The highest BCUT2D eigenvalue weighted by molar-refractivity contribution is 6.30. The molecule has 1 N–H and O–H groups in total. The summed E-state index contributed by atoms with van der Waals surface area (Å²) in [7, 11) is 0. The number of nitrogens with one attached hydrogen (secondary N) is 1. The first-order valence-corrected chi connectivity index (χ1v) is 4.73.